The molecule has 2 N–H and O–H groups in total. The van der Waals surface area contributed by atoms with Gasteiger partial charge in [-0.15, -0.1) is 0 Å². The van der Waals surface area contributed by atoms with Crippen LogP contribution in [0.3, 0.4) is 0 Å². The van der Waals surface area contributed by atoms with Gasteiger partial charge in [0.05, 0.1) is 35.9 Å². The second-order valence-electron chi connectivity index (χ2n) is 9.90. The third-order valence-corrected chi connectivity index (χ3v) is 7.32. The molecule has 2 amide bonds. The molecule has 224 valence electrons. The van der Waals surface area contributed by atoms with Crippen LogP contribution in [0.15, 0.2) is 91.0 Å². The molecule has 0 fully saturated rings. The van der Waals surface area contributed by atoms with Crippen LogP contribution in [0.4, 0.5) is 24.5 Å². The van der Waals surface area contributed by atoms with Gasteiger partial charge in [0.2, 0.25) is 5.91 Å². The number of anilines is 2. The summed E-state index contributed by atoms with van der Waals surface area (Å²) in [6.07, 6.45) is -4.72. The minimum absolute atomic E-state index is 0.0475. The van der Waals surface area contributed by atoms with Gasteiger partial charge in [-0.2, -0.15) is 13.2 Å². The maximum atomic E-state index is 13.6. The summed E-state index contributed by atoms with van der Waals surface area (Å²) in [5.74, 6) is -0.955. The van der Waals surface area contributed by atoms with E-state index in [-0.39, 0.29) is 29.3 Å². The Hall–Kier alpha value is -5.09. The molecule has 0 aliphatic carbocycles. The topological polar surface area (TPSA) is 89.4 Å². The fraction of sp³-hybridized carbons (Fsp3) is 0.121. The second kappa shape index (κ2) is 12.3. The lowest BCUT2D eigenvalue weighted by atomic mass is 10.1. The number of aromatic nitrogens is 1. The predicted octanol–water partition coefficient (Wildman–Crippen LogP) is 7.75. The molecule has 11 heteroatoms. The molecule has 0 saturated carbocycles. The van der Waals surface area contributed by atoms with E-state index in [1.54, 1.807) is 61.5 Å². The number of benzene rings is 4. The Morgan fingerprint density at radius 2 is 1.61 bits per heavy atom. The molecule has 4 aromatic carbocycles. The Labute approximate surface area is 255 Å². The third kappa shape index (κ3) is 6.30. The number of hydrogen-bond acceptors (Lipinski definition) is 4. The van der Waals surface area contributed by atoms with Crippen molar-refractivity contribution < 1.29 is 32.3 Å². The Balaban J connectivity index is 1.43. The van der Waals surface area contributed by atoms with Crippen LogP contribution in [0, 0.1) is 6.92 Å². The number of hydrogen-bond donors (Lipinski definition) is 2. The number of ether oxygens (including phenoxy) is 1. The van der Waals surface area contributed by atoms with Crippen molar-refractivity contribution in [3.63, 3.8) is 0 Å². The van der Waals surface area contributed by atoms with Gasteiger partial charge in [0.1, 0.15) is 5.75 Å². The van der Waals surface area contributed by atoms with Crippen molar-refractivity contribution in [3.8, 4) is 5.75 Å². The molecule has 0 saturated heterocycles. The van der Waals surface area contributed by atoms with Gasteiger partial charge >= 0.3 is 6.18 Å². The summed E-state index contributed by atoms with van der Waals surface area (Å²) >= 11 is 6.00. The molecule has 1 aromatic heterocycles. The first-order valence-electron chi connectivity index (χ1n) is 13.3. The molecule has 0 spiro atoms. The molecule has 1 heterocycles. The summed E-state index contributed by atoms with van der Waals surface area (Å²) in [6, 6.07) is 22.1. The van der Waals surface area contributed by atoms with Crippen molar-refractivity contribution in [2.45, 2.75) is 19.5 Å². The van der Waals surface area contributed by atoms with Crippen molar-refractivity contribution in [1.29, 1.82) is 0 Å². The predicted molar refractivity (Wildman–Crippen MR) is 163 cm³/mol. The number of carbonyl (C=O) groups is 3. The molecule has 7 nitrogen and oxygen atoms in total. The smallest absolute Gasteiger partial charge is 0.416 e. The molecule has 0 unspecified atom stereocenters. The van der Waals surface area contributed by atoms with E-state index in [0.717, 1.165) is 12.1 Å². The number of fused-ring (bicyclic) bond motifs is 1. The van der Waals surface area contributed by atoms with Crippen molar-refractivity contribution in [3.05, 3.63) is 124 Å². The number of carbonyl (C=O) groups excluding carboxylic acids is 3. The molecule has 5 aromatic rings. The quantitative estimate of drug-likeness (QED) is 0.195. The summed E-state index contributed by atoms with van der Waals surface area (Å²) in [6.45, 7) is 1.74. The number of halogens is 4. The summed E-state index contributed by atoms with van der Waals surface area (Å²) in [4.78, 5) is 40.0. The number of amides is 2. The molecule has 0 atom stereocenters. The number of rotatable bonds is 7. The molecule has 44 heavy (non-hydrogen) atoms. The van der Waals surface area contributed by atoms with E-state index in [1.165, 1.54) is 35.9 Å². The van der Waals surface area contributed by atoms with Crippen LogP contribution >= 0.6 is 11.6 Å². The Kier molecular flexibility index (Phi) is 8.46. The highest BCUT2D eigenvalue weighted by atomic mass is 35.5. The summed E-state index contributed by atoms with van der Waals surface area (Å²) < 4.78 is 46.3. The van der Waals surface area contributed by atoms with Crippen LogP contribution < -0.4 is 15.4 Å². The lowest BCUT2D eigenvalue weighted by Gasteiger charge is -2.13. The van der Waals surface area contributed by atoms with E-state index in [1.807, 2.05) is 0 Å². The van der Waals surface area contributed by atoms with Crippen molar-refractivity contribution in [2.24, 2.45) is 0 Å². The largest absolute Gasteiger partial charge is 0.497 e. The number of methoxy groups -OCH3 is 1. The van der Waals surface area contributed by atoms with Crippen LogP contribution in [-0.2, 0) is 17.4 Å². The van der Waals surface area contributed by atoms with E-state index >= 15 is 0 Å². The first-order chi connectivity index (χ1) is 21.0. The zero-order valence-corrected chi connectivity index (χ0v) is 24.2. The number of nitrogens with one attached hydrogen (secondary N) is 2. The van der Waals surface area contributed by atoms with Gasteiger partial charge in [-0.05, 0) is 85.3 Å². The zero-order valence-electron chi connectivity index (χ0n) is 23.5. The minimum atomic E-state index is -4.57. The zero-order chi connectivity index (χ0) is 31.6. The van der Waals surface area contributed by atoms with Gasteiger partial charge in [-0.3, -0.25) is 19.0 Å². The van der Waals surface area contributed by atoms with E-state index < -0.39 is 23.6 Å². The normalized spacial score (nSPS) is 11.3. The highest BCUT2D eigenvalue weighted by molar-refractivity contribution is 6.30. The standard InChI is InChI=1S/C33H25ClF3N3O4/c1-19-26(27-17-24(44-2)14-15-29(27)40(19)32(43)20-10-12-22(34)13-11-20)18-30(41)39-28-9-4-3-8-25(28)31(42)38-23-7-5-6-21(16-23)33(35,36)37/h3-17H,18H2,1-2H3,(H,38,42)(H,39,41). The molecule has 0 radical (unpaired) electrons. The van der Waals surface area contributed by atoms with Gasteiger partial charge in [0.25, 0.3) is 11.8 Å². The monoisotopic (exact) mass is 619 g/mol. The average Bonchev–Trinajstić information content (AvgIpc) is 3.26. The van der Waals surface area contributed by atoms with Gasteiger partial charge in [0, 0.05) is 27.4 Å². The fourth-order valence-corrected chi connectivity index (χ4v) is 5.04. The van der Waals surface area contributed by atoms with E-state index in [2.05, 4.69) is 10.6 Å². The number of para-hydroxylation sites is 1. The van der Waals surface area contributed by atoms with Gasteiger partial charge in [-0.1, -0.05) is 29.8 Å². The molecular formula is C33H25ClF3N3O4. The van der Waals surface area contributed by atoms with E-state index in [4.69, 9.17) is 16.3 Å². The highest BCUT2D eigenvalue weighted by Gasteiger charge is 2.30. The summed E-state index contributed by atoms with van der Waals surface area (Å²) in [7, 11) is 1.51. The third-order valence-electron chi connectivity index (χ3n) is 7.07. The number of alkyl halides is 3. The van der Waals surface area contributed by atoms with Crippen molar-refractivity contribution in [2.75, 3.05) is 17.7 Å². The minimum Gasteiger partial charge on any atom is -0.497 e. The molecule has 0 aliphatic rings. The Bertz CT molecular complexity index is 1900. The highest BCUT2D eigenvalue weighted by Crippen LogP contribution is 2.32. The maximum Gasteiger partial charge on any atom is 0.416 e. The Morgan fingerprint density at radius 1 is 0.886 bits per heavy atom. The van der Waals surface area contributed by atoms with Gasteiger partial charge < -0.3 is 15.4 Å². The van der Waals surface area contributed by atoms with Crippen LogP contribution in [-0.4, -0.2) is 29.4 Å². The van der Waals surface area contributed by atoms with Gasteiger partial charge in [-0.25, -0.2) is 0 Å². The molecule has 0 aliphatic heterocycles. The fourth-order valence-electron chi connectivity index (χ4n) is 4.91. The lowest BCUT2D eigenvalue weighted by molar-refractivity contribution is -0.137. The summed E-state index contributed by atoms with van der Waals surface area (Å²) in [5.41, 5.74) is 1.36. The number of nitrogens with zero attached hydrogens (tertiary/aromatic N) is 1. The van der Waals surface area contributed by atoms with Crippen LogP contribution in [0.2, 0.25) is 5.02 Å². The molecular weight excluding hydrogens is 595 g/mol. The van der Waals surface area contributed by atoms with E-state index in [0.29, 0.717) is 38.5 Å². The second-order valence-corrected chi connectivity index (χ2v) is 10.3. The van der Waals surface area contributed by atoms with Crippen LogP contribution in [0.25, 0.3) is 10.9 Å². The van der Waals surface area contributed by atoms with E-state index in [9.17, 15) is 27.6 Å². The van der Waals surface area contributed by atoms with Crippen LogP contribution in [0.1, 0.15) is 37.5 Å². The molecule has 5 rings (SSSR count). The average molecular weight is 620 g/mol. The summed E-state index contributed by atoms with van der Waals surface area (Å²) in [5, 5.41) is 6.32. The van der Waals surface area contributed by atoms with Crippen molar-refractivity contribution in [1.82, 2.24) is 4.57 Å². The Morgan fingerprint density at radius 3 is 2.32 bits per heavy atom. The maximum absolute atomic E-state index is 13.6. The van der Waals surface area contributed by atoms with Crippen LogP contribution in [0.5, 0.6) is 5.75 Å². The lowest BCUT2D eigenvalue weighted by Crippen LogP contribution is -2.20. The van der Waals surface area contributed by atoms with Crippen molar-refractivity contribution >= 4 is 51.6 Å². The SMILES string of the molecule is COc1ccc2c(c1)c(CC(=O)Nc1ccccc1C(=O)Nc1cccc(C(F)(F)F)c1)c(C)n2C(=O)c1ccc(Cl)cc1. The van der Waals surface area contributed by atoms with Gasteiger partial charge in [0.15, 0.2) is 0 Å². The molecule has 0 bridgehead atoms. The first kappa shape index (κ1) is 30.4. The first-order valence-corrected chi connectivity index (χ1v) is 13.7.